The zero-order chi connectivity index (χ0) is 7.56. The summed E-state index contributed by atoms with van der Waals surface area (Å²) in [6.45, 7) is 2.43. The molecule has 0 aliphatic carbocycles. The number of rotatable bonds is 1. The van der Waals surface area contributed by atoms with Gasteiger partial charge in [0.2, 0.25) is 0 Å². The summed E-state index contributed by atoms with van der Waals surface area (Å²) in [6.07, 6.45) is -0.124. The topological polar surface area (TPSA) is 29.5 Å². The van der Waals surface area contributed by atoms with Crippen LogP contribution >= 0.6 is 0 Å². The molecule has 1 atom stereocenters. The Balaban J connectivity index is 2.39. The van der Waals surface area contributed by atoms with Gasteiger partial charge in [0.25, 0.3) is 0 Å². The molecule has 1 unspecified atom stereocenters. The fourth-order valence-corrected chi connectivity index (χ4v) is 1.53. The van der Waals surface area contributed by atoms with E-state index < -0.39 is 0 Å². The molecule has 0 N–H and O–H groups in total. The first-order valence-electron chi connectivity index (χ1n) is 3.29. The third-order valence-electron chi connectivity index (χ3n) is 1.59. The van der Waals surface area contributed by atoms with Gasteiger partial charge in [-0.05, 0) is 0 Å². The Bertz CT molecular complexity index is 140. The van der Waals surface area contributed by atoms with E-state index in [9.17, 15) is 4.79 Å². The molecule has 0 aromatic heterocycles. The summed E-state index contributed by atoms with van der Waals surface area (Å²) in [5.74, 6) is 0. The van der Waals surface area contributed by atoms with Crippen LogP contribution in [0.5, 0.6) is 0 Å². The van der Waals surface area contributed by atoms with Crippen molar-refractivity contribution in [1.82, 2.24) is 4.90 Å². The van der Waals surface area contributed by atoms with Crippen molar-refractivity contribution in [3.05, 3.63) is 0 Å². The average Bonchev–Trinajstić information content (AvgIpc) is 1.88. The van der Waals surface area contributed by atoms with E-state index in [0.29, 0.717) is 29.1 Å². The van der Waals surface area contributed by atoms with E-state index in [4.69, 9.17) is 4.74 Å². The molecule has 3 nitrogen and oxygen atoms in total. The van der Waals surface area contributed by atoms with Crippen molar-refractivity contribution in [2.75, 3.05) is 26.7 Å². The zero-order valence-electron chi connectivity index (χ0n) is 6.04. The summed E-state index contributed by atoms with van der Waals surface area (Å²) >= 11 is 0.672. The first-order valence-corrected chi connectivity index (χ1v) is 4.94. The molecule has 4 heteroatoms. The molecule has 1 heterocycles. The molecule has 56 valence electrons. The summed E-state index contributed by atoms with van der Waals surface area (Å²) in [5.41, 5.74) is 0. The molecule has 0 aromatic carbocycles. The molecule has 1 fully saturated rings. The van der Waals surface area contributed by atoms with Crippen LogP contribution < -0.4 is 0 Å². The maximum absolute atomic E-state index is 10.9. The van der Waals surface area contributed by atoms with Crippen LogP contribution in [0.1, 0.15) is 0 Å². The minimum absolute atomic E-state index is 0.124. The quantitative estimate of drug-likeness (QED) is 0.542. The van der Waals surface area contributed by atoms with Crippen molar-refractivity contribution in [3.8, 4) is 0 Å². The van der Waals surface area contributed by atoms with E-state index in [1.807, 2.05) is 7.05 Å². The van der Waals surface area contributed by atoms with Gasteiger partial charge >= 0.3 is 73.6 Å². The number of hydrogen-bond donors (Lipinski definition) is 0. The Morgan fingerprint density at radius 2 is 2.50 bits per heavy atom. The zero-order valence-corrected chi connectivity index (χ0v) is 9.34. The first-order chi connectivity index (χ1) is 4.70. The molecule has 1 rings (SSSR count). The van der Waals surface area contributed by atoms with E-state index in [2.05, 4.69) is 4.90 Å². The maximum atomic E-state index is 10.9. The SMILES string of the molecule is CN1CCOC([C](=O)[SnH])C1. The molecule has 0 amide bonds. The van der Waals surface area contributed by atoms with Crippen molar-refractivity contribution in [3.63, 3.8) is 0 Å². The van der Waals surface area contributed by atoms with Gasteiger partial charge < -0.3 is 0 Å². The summed E-state index contributed by atoms with van der Waals surface area (Å²) in [6, 6.07) is 0. The second kappa shape index (κ2) is 3.69. The molecule has 1 aliphatic rings. The third kappa shape index (κ3) is 2.21. The van der Waals surface area contributed by atoms with Gasteiger partial charge in [0.05, 0.1) is 0 Å². The molecule has 2 radical (unpaired) electrons. The van der Waals surface area contributed by atoms with Crippen LogP contribution in [-0.4, -0.2) is 64.1 Å². The molecular weight excluding hydrogens is 237 g/mol. The summed E-state index contributed by atoms with van der Waals surface area (Å²) in [5, 5.41) is 0. The predicted octanol–water partition coefficient (Wildman–Crippen LogP) is -1.26. The van der Waals surface area contributed by atoms with Gasteiger partial charge in [-0.1, -0.05) is 0 Å². The normalized spacial score (nSPS) is 28.4. The Hall–Kier alpha value is 0.389. The Labute approximate surface area is 73.8 Å². The van der Waals surface area contributed by atoms with Crippen LogP contribution in [0.4, 0.5) is 0 Å². The number of carbonyl (C=O) groups excluding carboxylic acids is 1. The van der Waals surface area contributed by atoms with E-state index in [1.54, 1.807) is 0 Å². The summed E-state index contributed by atoms with van der Waals surface area (Å²) in [7, 11) is 2.01. The fraction of sp³-hybridized carbons (Fsp3) is 0.833. The van der Waals surface area contributed by atoms with Gasteiger partial charge in [0, 0.05) is 0 Å². The van der Waals surface area contributed by atoms with E-state index in [-0.39, 0.29) is 9.90 Å². The van der Waals surface area contributed by atoms with Crippen LogP contribution in [-0.2, 0) is 9.53 Å². The average molecular weight is 248 g/mol. The minimum atomic E-state index is -0.124. The Morgan fingerprint density at radius 1 is 1.80 bits per heavy atom. The van der Waals surface area contributed by atoms with Crippen LogP contribution in [0.25, 0.3) is 0 Å². The number of carbonyl (C=O) groups is 1. The van der Waals surface area contributed by atoms with E-state index >= 15 is 0 Å². The van der Waals surface area contributed by atoms with Crippen molar-refractivity contribution in [2.45, 2.75) is 6.10 Å². The van der Waals surface area contributed by atoms with Crippen LogP contribution in [0.15, 0.2) is 0 Å². The monoisotopic (exact) mass is 249 g/mol. The Morgan fingerprint density at radius 3 is 2.90 bits per heavy atom. The molecule has 0 aromatic rings. The molecule has 1 aliphatic heterocycles. The third-order valence-corrected chi connectivity index (χ3v) is 2.65. The van der Waals surface area contributed by atoms with Crippen molar-refractivity contribution in [1.29, 1.82) is 0 Å². The predicted molar refractivity (Wildman–Crippen MR) is 39.4 cm³/mol. The van der Waals surface area contributed by atoms with Gasteiger partial charge in [-0.3, -0.25) is 0 Å². The van der Waals surface area contributed by atoms with E-state index in [1.165, 1.54) is 0 Å². The molecule has 0 saturated carbocycles. The molecule has 0 bridgehead atoms. The van der Waals surface area contributed by atoms with Gasteiger partial charge in [0.15, 0.2) is 0 Å². The number of nitrogens with zero attached hydrogens (tertiary/aromatic N) is 1. The molecule has 0 spiro atoms. The molecule has 1 saturated heterocycles. The van der Waals surface area contributed by atoms with Gasteiger partial charge in [-0.2, -0.15) is 0 Å². The second-order valence-corrected chi connectivity index (χ2v) is 4.15. The van der Waals surface area contributed by atoms with E-state index in [0.717, 1.165) is 13.1 Å². The van der Waals surface area contributed by atoms with Gasteiger partial charge in [0.1, 0.15) is 0 Å². The van der Waals surface area contributed by atoms with Gasteiger partial charge in [-0.25, -0.2) is 0 Å². The Kier molecular flexibility index (Phi) is 3.13. The summed E-state index contributed by atoms with van der Waals surface area (Å²) < 4.78 is 5.51. The molecule has 10 heavy (non-hydrogen) atoms. The number of hydrogen-bond acceptors (Lipinski definition) is 3. The number of ether oxygens (including phenoxy) is 1. The number of likely N-dealkylation sites (N-methyl/N-ethyl adjacent to an activating group) is 1. The van der Waals surface area contributed by atoms with Crippen molar-refractivity contribution >= 4 is 26.3 Å². The van der Waals surface area contributed by atoms with Crippen LogP contribution in [0.2, 0.25) is 0 Å². The van der Waals surface area contributed by atoms with Crippen LogP contribution in [0.3, 0.4) is 0 Å². The molecular formula is C6H11NO2Sn. The number of morpholine rings is 1. The standard InChI is InChI=1S/C6H10NO2.Sn.H/c1-7-2-3-9-6(4-7)5-8;;/h6H,2-4H2,1H3;;. The van der Waals surface area contributed by atoms with Gasteiger partial charge in [-0.15, -0.1) is 0 Å². The second-order valence-electron chi connectivity index (χ2n) is 2.52. The van der Waals surface area contributed by atoms with Crippen molar-refractivity contribution in [2.24, 2.45) is 0 Å². The van der Waals surface area contributed by atoms with Crippen LogP contribution in [0, 0.1) is 0 Å². The fourth-order valence-electron chi connectivity index (χ4n) is 0.950. The first kappa shape index (κ1) is 8.48. The van der Waals surface area contributed by atoms with Crippen molar-refractivity contribution < 1.29 is 9.53 Å². The summed E-state index contributed by atoms with van der Waals surface area (Å²) in [4.78, 5) is 13.0.